The molecule has 2 unspecified atom stereocenters. The molecule has 0 saturated heterocycles. The number of aliphatic hydroxyl groups is 1. The highest BCUT2D eigenvalue weighted by Crippen LogP contribution is 2.35. The lowest BCUT2D eigenvalue weighted by molar-refractivity contribution is 0.0937. The Labute approximate surface area is 99.0 Å². The molecule has 2 fully saturated rings. The maximum absolute atomic E-state index is 9.58. The quantitative estimate of drug-likeness (QED) is 0.654. The average Bonchev–Trinajstić information content (AvgIpc) is 3.14. The van der Waals surface area contributed by atoms with Crippen molar-refractivity contribution in [3.63, 3.8) is 0 Å². The van der Waals surface area contributed by atoms with Gasteiger partial charge in [-0.15, -0.1) is 0 Å². The van der Waals surface area contributed by atoms with E-state index in [0.717, 1.165) is 25.4 Å². The third-order valence-corrected chi connectivity index (χ3v) is 3.97. The van der Waals surface area contributed by atoms with Gasteiger partial charge in [-0.05, 0) is 50.5 Å². The van der Waals surface area contributed by atoms with Crippen molar-refractivity contribution >= 4 is 0 Å². The molecule has 2 rings (SSSR count). The van der Waals surface area contributed by atoms with Gasteiger partial charge < -0.3 is 10.8 Å². The molecule has 0 aromatic carbocycles. The van der Waals surface area contributed by atoms with Crippen LogP contribution in [0.5, 0.6) is 0 Å². The molecule has 0 radical (unpaired) electrons. The van der Waals surface area contributed by atoms with E-state index in [2.05, 4.69) is 11.8 Å². The van der Waals surface area contributed by atoms with E-state index in [1.54, 1.807) is 0 Å². The van der Waals surface area contributed by atoms with E-state index < -0.39 is 0 Å². The lowest BCUT2D eigenvalue weighted by Crippen LogP contribution is -2.52. The van der Waals surface area contributed by atoms with Crippen molar-refractivity contribution in [3.05, 3.63) is 0 Å². The molecular weight excluding hydrogens is 200 g/mol. The summed E-state index contributed by atoms with van der Waals surface area (Å²) in [5.74, 6) is 1.56. The molecule has 0 spiro atoms. The number of nitrogens with zero attached hydrogens (tertiary/aromatic N) is 1. The molecule has 0 aromatic rings. The Morgan fingerprint density at radius 1 is 1.31 bits per heavy atom. The topological polar surface area (TPSA) is 49.5 Å². The van der Waals surface area contributed by atoms with Gasteiger partial charge in [-0.2, -0.15) is 0 Å². The summed E-state index contributed by atoms with van der Waals surface area (Å²) in [4.78, 5) is 2.45. The summed E-state index contributed by atoms with van der Waals surface area (Å²) in [5, 5.41) is 9.58. The molecule has 0 aliphatic heterocycles. The fourth-order valence-corrected chi connectivity index (χ4v) is 2.59. The Hall–Kier alpha value is -0.120. The number of rotatable bonds is 8. The van der Waals surface area contributed by atoms with Crippen molar-refractivity contribution in [1.82, 2.24) is 4.90 Å². The smallest absolute Gasteiger partial charge is 0.0602 e. The second-order valence-electron chi connectivity index (χ2n) is 5.60. The number of aliphatic hydroxyl groups excluding tert-OH is 1. The van der Waals surface area contributed by atoms with Crippen molar-refractivity contribution in [2.45, 2.75) is 51.1 Å². The van der Waals surface area contributed by atoms with E-state index in [9.17, 15) is 5.11 Å². The molecular formula is C13H26N2O. The van der Waals surface area contributed by atoms with Crippen LogP contribution in [0, 0.1) is 11.8 Å². The van der Waals surface area contributed by atoms with Gasteiger partial charge in [-0.1, -0.05) is 6.92 Å². The summed E-state index contributed by atoms with van der Waals surface area (Å²) in [6, 6.07) is 0.392. The second-order valence-corrected chi connectivity index (χ2v) is 5.60. The van der Waals surface area contributed by atoms with E-state index in [4.69, 9.17) is 5.73 Å². The van der Waals surface area contributed by atoms with Gasteiger partial charge in [0.05, 0.1) is 6.61 Å². The normalized spacial score (nSPS) is 24.8. The van der Waals surface area contributed by atoms with Gasteiger partial charge in [0.15, 0.2) is 0 Å². The molecule has 16 heavy (non-hydrogen) atoms. The van der Waals surface area contributed by atoms with Crippen LogP contribution in [0.2, 0.25) is 0 Å². The van der Waals surface area contributed by atoms with Crippen LogP contribution < -0.4 is 5.73 Å². The van der Waals surface area contributed by atoms with Crippen LogP contribution in [-0.2, 0) is 0 Å². The van der Waals surface area contributed by atoms with E-state index in [-0.39, 0.29) is 18.7 Å². The summed E-state index contributed by atoms with van der Waals surface area (Å²) in [7, 11) is 0. The van der Waals surface area contributed by atoms with E-state index in [0.29, 0.717) is 5.92 Å². The average molecular weight is 226 g/mol. The Morgan fingerprint density at radius 2 is 2.00 bits per heavy atom. The number of nitrogens with two attached hydrogens (primary N) is 1. The standard InChI is InChI=1S/C13H26N2O/c1-2-7-15(8-10-3-4-10)12(9-16)13(14)11-5-6-11/h10-13,16H,2-9,14H2,1H3. The molecule has 2 atom stereocenters. The molecule has 0 amide bonds. The zero-order valence-corrected chi connectivity index (χ0v) is 10.4. The molecule has 3 N–H and O–H groups in total. The molecule has 2 saturated carbocycles. The van der Waals surface area contributed by atoms with Crippen LogP contribution in [0.4, 0.5) is 0 Å². The van der Waals surface area contributed by atoms with Crippen LogP contribution in [-0.4, -0.2) is 41.8 Å². The molecule has 2 aliphatic rings. The van der Waals surface area contributed by atoms with Gasteiger partial charge in [0, 0.05) is 18.6 Å². The molecule has 3 heteroatoms. The predicted molar refractivity (Wildman–Crippen MR) is 66.2 cm³/mol. The van der Waals surface area contributed by atoms with Gasteiger partial charge in [0.2, 0.25) is 0 Å². The minimum Gasteiger partial charge on any atom is -0.395 e. The first-order valence-corrected chi connectivity index (χ1v) is 6.86. The highest BCUT2D eigenvalue weighted by molar-refractivity contribution is 4.94. The zero-order chi connectivity index (χ0) is 11.5. The fourth-order valence-electron chi connectivity index (χ4n) is 2.59. The van der Waals surface area contributed by atoms with Crippen molar-refractivity contribution in [2.75, 3.05) is 19.7 Å². The highest BCUT2D eigenvalue weighted by Gasteiger charge is 2.37. The summed E-state index contributed by atoms with van der Waals surface area (Å²) < 4.78 is 0. The van der Waals surface area contributed by atoms with Crippen LogP contribution in [0.25, 0.3) is 0 Å². The van der Waals surface area contributed by atoms with Gasteiger partial charge in [-0.3, -0.25) is 4.90 Å². The number of hydrogen-bond donors (Lipinski definition) is 2. The van der Waals surface area contributed by atoms with E-state index in [1.165, 1.54) is 25.7 Å². The SMILES string of the molecule is CCCN(CC1CC1)C(CO)C(N)C1CC1. The Balaban J connectivity index is 1.89. The second kappa shape index (κ2) is 5.48. The summed E-state index contributed by atoms with van der Waals surface area (Å²) >= 11 is 0. The Kier molecular flexibility index (Phi) is 4.22. The molecule has 0 heterocycles. The van der Waals surface area contributed by atoms with Crippen molar-refractivity contribution in [2.24, 2.45) is 17.6 Å². The molecule has 94 valence electrons. The first kappa shape index (κ1) is 12.3. The molecule has 0 bridgehead atoms. The molecule has 2 aliphatic carbocycles. The third kappa shape index (κ3) is 3.19. The first-order chi connectivity index (χ1) is 7.76. The van der Waals surface area contributed by atoms with Crippen molar-refractivity contribution in [1.29, 1.82) is 0 Å². The van der Waals surface area contributed by atoms with E-state index >= 15 is 0 Å². The van der Waals surface area contributed by atoms with Crippen molar-refractivity contribution in [3.8, 4) is 0 Å². The highest BCUT2D eigenvalue weighted by atomic mass is 16.3. The van der Waals surface area contributed by atoms with E-state index in [1.807, 2.05) is 0 Å². The fraction of sp³-hybridized carbons (Fsp3) is 1.00. The Morgan fingerprint density at radius 3 is 2.44 bits per heavy atom. The minimum absolute atomic E-state index is 0.190. The van der Waals surface area contributed by atoms with Crippen LogP contribution >= 0.6 is 0 Å². The van der Waals surface area contributed by atoms with Gasteiger partial charge >= 0.3 is 0 Å². The third-order valence-electron chi connectivity index (χ3n) is 3.97. The lowest BCUT2D eigenvalue weighted by Gasteiger charge is -2.34. The van der Waals surface area contributed by atoms with Crippen LogP contribution in [0.3, 0.4) is 0 Å². The van der Waals surface area contributed by atoms with Gasteiger partial charge in [0.1, 0.15) is 0 Å². The maximum Gasteiger partial charge on any atom is 0.0602 e. The van der Waals surface area contributed by atoms with Gasteiger partial charge in [-0.25, -0.2) is 0 Å². The van der Waals surface area contributed by atoms with Crippen LogP contribution in [0.1, 0.15) is 39.0 Å². The lowest BCUT2D eigenvalue weighted by atomic mass is 10.0. The van der Waals surface area contributed by atoms with Crippen LogP contribution in [0.15, 0.2) is 0 Å². The minimum atomic E-state index is 0.190. The molecule has 0 aromatic heterocycles. The first-order valence-electron chi connectivity index (χ1n) is 6.86. The summed E-state index contributed by atoms with van der Waals surface area (Å²) in [6.07, 6.45) is 6.43. The Bertz CT molecular complexity index is 214. The van der Waals surface area contributed by atoms with Gasteiger partial charge in [0.25, 0.3) is 0 Å². The summed E-state index contributed by atoms with van der Waals surface area (Å²) in [5.41, 5.74) is 6.26. The maximum atomic E-state index is 9.58. The summed E-state index contributed by atoms with van der Waals surface area (Å²) in [6.45, 7) is 4.67. The molecule has 3 nitrogen and oxygen atoms in total. The van der Waals surface area contributed by atoms with Crippen molar-refractivity contribution < 1.29 is 5.11 Å². The largest absolute Gasteiger partial charge is 0.395 e. The predicted octanol–water partition coefficient (Wildman–Crippen LogP) is 1.21. The number of hydrogen-bond acceptors (Lipinski definition) is 3. The zero-order valence-electron chi connectivity index (χ0n) is 10.4. The monoisotopic (exact) mass is 226 g/mol.